The van der Waals surface area contributed by atoms with Crippen LogP contribution in [0.3, 0.4) is 0 Å². The van der Waals surface area contributed by atoms with E-state index in [1.54, 1.807) is 6.92 Å². The third-order valence-corrected chi connectivity index (χ3v) is 3.73. The molecule has 0 radical (unpaired) electrons. The van der Waals surface area contributed by atoms with Gasteiger partial charge in [0.15, 0.2) is 0 Å². The fourth-order valence-corrected chi connectivity index (χ4v) is 2.68. The molecule has 0 spiro atoms. The van der Waals surface area contributed by atoms with Crippen LogP contribution in [-0.4, -0.2) is 15.6 Å². The van der Waals surface area contributed by atoms with Gasteiger partial charge in [-0.25, -0.2) is 0 Å². The van der Waals surface area contributed by atoms with Crippen LogP contribution >= 0.6 is 0 Å². The number of fused-ring (bicyclic) bond motifs is 3. The maximum absolute atomic E-state index is 11.2. The van der Waals surface area contributed by atoms with E-state index in [-0.39, 0.29) is 0 Å². The first kappa shape index (κ1) is 11.1. The molecule has 3 nitrogen and oxygen atoms in total. The van der Waals surface area contributed by atoms with Crippen molar-refractivity contribution < 1.29 is 9.90 Å². The van der Waals surface area contributed by atoms with Crippen molar-refractivity contribution in [2.45, 2.75) is 25.8 Å². The van der Waals surface area contributed by atoms with Crippen LogP contribution in [0, 0.1) is 0 Å². The number of carbonyl (C=O) groups is 1. The summed E-state index contributed by atoms with van der Waals surface area (Å²) in [6, 6.07) is 10.2. The quantitative estimate of drug-likeness (QED) is 0.878. The highest BCUT2D eigenvalue weighted by molar-refractivity contribution is 5.81. The van der Waals surface area contributed by atoms with Gasteiger partial charge in [-0.15, -0.1) is 0 Å². The summed E-state index contributed by atoms with van der Waals surface area (Å²) >= 11 is 0. The molecule has 1 aromatic carbocycles. The Bertz CT molecular complexity index is 613. The number of aliphatic carboxylic acids is 1. The summed E-state index contributed by atoms with van der Waals surface area (Å²) in [6.07, 6.45) is 3.01. The number of carboxylic acid groups (broad SMARTS) is 1. The summed E-state index contributed by atoms with van der Waals surface area (Å²) in [7, 11) is 0. The predicted octanol–water partition coefficient (Wildman–Crippen LogP) is 2.90. The van der Waals surface area contributed by atoms with Crippen molar-refractivity contribution in [1.29, 1.82) is 0 Å². The van der Waals surface area contributed by atoms with Crippen LogP contribution in [0.5, 0.6) is 0 Å². The highest BCUT2D eigenvalue weighted by Gasteiger charge is 2.24. The lowest BCUT2D eigenvalue weighted by Crippen LogP contribution is -2.13. The summed E-state index contributed by atoms with van der Waals surface area (Å²) < 4.78 is 2.16. The number of aryl methyl sites for hydroxylation is 2. The van der Waals surface area contributed by atoms with Crippen LogP contribution in [0.15, 0.2) is 36.5 Å². The van der Waals surface area contributed by atoms with Crippen molar-refractivity contribution in [3.05, 3.63) is 47.7 Å². The number of hydrogen-bond donors (Lipinski definition) is 1. The van der Waals surface area contributed by atoms with Gasteiger partial charge in [0.05, 0.1) is 11.6 Å². The van der Waals surface area contributed by atoms with Gasteiger partial charge in [0, 0.05) is 18.3 Å². The molecule has 18 heavy (non-hydrogen) atoms. The standard InChI is InChI=1S/C15H15NO2/c1-10(15(17)18)12-7-9-16-8-6-11-4-2-3-5-13(11)14(12)16/h2-5,7,9-10H,6,8H2,1H3,(H,17,18). The molecule has 1 atom stereocenters. The zero-order chi connectivity index (χ0) is 12.7. The summed E-state index contributed by atoms with van der Waals surface area (Å²) in [5, 5.41) is 9.19. The van der Waals surface area contributed by atoms with E-state index in [0.717, 1.165) is 24.2 Å². The number of benzene rings is 1. The van der Waals surface area contributed by atoms with Gasteiger partial charge < -0.3 is 9.67 Å². The maximum Gasteiger partial charge on any atom is 0.310 e. The second-order valence-corrected chi connectivity index (χ2v) is 4.78. The third-order valence-electron chi connectivity index (χ3n) is 3.73. The second-order valence-electron chi connectivity index (χ2n) is 4.78. The van der Waals surface area contributed by atoms with Crippen LogP contribution in [0.25, 0.3) is 11.3 Å². The Labute approximate surface area is 106 Å². The Hall–Kier alpha value is -2.03. The number of hydrogen-bond acceptors (Lipinski definition) is 1. The van der Waals surface area contributed by atoms with Gasteiger partial charge >= 0.3 is 5.97 Å². The molecular formula is C15H15NO2. The average molecular weight is 241 g/mol. The van der Waals surface area contributed by atoms with Crippen molar-refractivity contribution >= 4 is 5.97 Å². The Kier molecular flexibility index (Phi) is 2.47. The number of carboxylic acids is 1. The maximum atomic E-state index is 11.2. The third kappa shape index (κ3) is 1.55. The summed E-state index contributed by atoms with van der Waals surface area (Å²) in [5.41, 5.74) is 4.47. The highest BCUT2D eigenvalue weighted by Crippen LogP contribution is 2.36. The molecule has 1 unspecified atom stereocenters. The molecule has 0 saturated carbocycles. The fourth-order valence-electron chi connectivity index (χ4n) is 2.68. The monoisotopic (exact) mass is 241 g/mol. The molecule has 1 N–H and O–H groups in total. The number of rotatable bonds is 2. The van der Waals surface area contributed by atoms with Gasteiger partial charge in [-0.2, -0.15) is 0 Å². The lowest BCUT2D eigenvalue weighted by molar-refractivity contribution is -0.138. The van der Waals surface area contributed by atoms with Crippen molar-refractivity contribution in [1.82, 2.24) is 4.57 Å². The molecule has 1 aliphatic heterocycles. The predicted molar refractivity (Wildman–Crippen MR) is 69.6 cm³/mol. The molecule has 2 heterocycles. The van der Waals surface area contributed by atoms with Crippen LogP contribution < -0.4 is 0 Å². The molecule has 0 amide bonds. The van der Waals surface area contributed by atoms with Crippen molar-refractivity contribution in [2.75, 3.05) is 0 Å². The fraction of sp³-hybridized carbons (Fsp3) is 0.267. The molecule has 1 aliphatic rings. The SMILES string of the molecule is CC(C(=O)O)c1ccn2c1-c1ccccc1CC2. The number of nitrogens with zero attached hydrogens (tertiary/aromatic N) is 1. The van der Waals surface area contributed by atoms with Crippen LogP contribution in [-0.2, 0) is 17.8 Å². The zero-order valence-electron chi connectivity index (χ0n) is 10.3. The average Bonchev–Trinajstić information content (AvgIpc) is 2.81. The summed E-state index contributed by atoms with van der Waals surface area (Å²) in [6.45, 7) is 2.68. The molecule has 3 rings (SSSR count). The molecule has 2 aromatic rings. The molecule has 0 fully saturated rings. The molecule has 0 aliphatic carbocycles. The van der Waals surface area contributed by atoms with E-state index in [4.69, 9.17) is 0 Å². The van der Waals surface area contributed by atoms with E-state index >= 15 is 0 Å². The highest BCUT2D eigenvalue weighted by atomic mass is 16.4. The van der Waals surface area contributed by atoms with E-state index in [0.29, 0.717) is 0 Å². The minimum atomic E-state index is -0.771. The van der Waals surface area contributed by atoms with E-state index in [1.807, 2.05) is 24.4 Å². The first-order valence-electron chi connectivity index (χ1n) is 6.18. The molecule has 0 saturated heterocycles. The smallest absolute Gasteiger partial charge is 0.310 e. The van der Waals surface area contributed by atoms with Gasteiger partial charge in [0.2, 0.25) is 0 Å². The number of aromatic nitrogens is 1. The minimum absolute atomic E-state index is 0.465. The van der Waals surface area contributed by atoms with Gasteiger partial charge in [-0.05, 0) is 30.5 Å². The van der Waals surface area contributed by atoms with Crippen molar-refractivity contribution in [2.24, 2.45) is 0 Å². The molecule has 3 heteroatoms. The van der Waals surface area contributed by atoms with E-state index in [1.165, 1.54) is 11.1 Å². The van der Waals surface area contributed by atoms with E-state index in [2.05, 4.69) is 16.7 Å². The van der Waals surface area contributed by atoms with Crippen molar-refractivity contribution in [3.8, 4) is 11.3 Å². The summed E-state index contributed by atoms with van der Waals surface area (Å²) in [5.74, 6) is -1.24. The Morgan fingerprint density at radius 3 is 2.89 bits per heavy atom. The molecule has 1 aromatic heterocycles. The molecule has 0 bridgehead atoms. The van der Waals surface area contributed by atoms with E-state index in [9.17, 15) is 9.90 Å². The van der Waals surface area contributed by atoms with Crippen LogP contribution in [0.4, 0.5) is 0 Å². The first-order valence-corrected chi connectivity index (χ1v) is 6.18. The molecular weight excluding hydrogens is 226 g/mol. The van der Waals surface area contributed by atoms with Gasteiger partial charge in [-0.1, -0.05) is 24.3 Å². The normalized spacial score (nSPS) is 14.7. The topological polar surface area (TPSA) is 42.2 Å². The van der Waals surface area contributed by atoms with Gasteiger partial charge in [-0.3, -0.25) is 4.79 Å². The Morgan fingerprint density at radius 2 is 2.11 bits per heavy atom. The van der Waals surface area contributed by atoms with Crippen LogP contribution in [0.1, 0.15) is 24.0 Å². The van der Waals surface area contributed by atoms with Gasteiger partial charge in [0.1, 0.15) is 0 Å². The Morgan fingerprint density at radius 1 is 1.33 bits per heavy atom. The van der Waals surface area contributed by atoms with Crippen molar-refractivity contribution in [3.63, 3.8) is 0 Å². The largest absolute Gasteiger partial charge is 0.481 e. The first-order chi connectivity index (χ1) is 8.68. The van der Waals surface area contributed by atoms with Crippen LogP contribution in [0.2, 0.25) is 0 Å². The summed E-state index contributed by atoms with van der Waals surface area (Å²) in [4.78, 5) is 11.2. The van der Waals surface area contributed by atoms with E-state index < -0.39 is 11.9 Å². The zero-order valence-corrected chi connectivity index (χ0v) is 10.3. The second kappa shape index (κ2) is 4.02. The lowest BCUT2D eigenvalue weighted by Gasteiger charge is -2.21. The lowest BCUT2D eigenvalue weighted by atomic mass is 9.92. The van der Waals surface area contributed by atoms with Gasteiger partial charge in [0.25, 0.3) is 0 Å². The molecule has 92 valence electrons. The Balaban J connectivity index is 2.19. The minimum Gasteiger partial charge on any atom is -0.481 e.